The van der Waals surface area contributed by atoms with Crippen LogP contribution in [-0.4, -0.2) is 72.9 Å². The number of hydrogen-bond acceptors (Lipinski definition) is 10. The van der Waals surface area contributed by atoms with Gasteiger partial charge >= 0.3 is 0 Å². The first-order valence-corrected chi connectivity index (χ1v) is 9.76. The molecule has 1 aromatic heterocycles. The Balaban J connectivity index is 1.91. The summed E-state index contributed by atoms with van der Waals surface area (Å²) >= 11 is 6.25. The average Bonchev–Trinajstić information content (AvgIpc) is 2.77. The lowest BCUT2D eigenvalue weighted by Gasteiger charge is -2.27. The Morgan fingerprint density at radius 3 is 2.77 bits per heavy atom. The van der Waals surface area contributed by atoms with E-state index in [0.29, 0.717) is 54.5 Å². The van der Waals surface area contributed by atoms with Crippen LogP contribution in [0.2, 0.25) is 5.02 Å². The van der Waals surface area contributed by atoms with Crippen LogP contribution < -0.4 is 20.1 Å². The molecule has 3 rings (SSSR count). The summed E-state index contributed by atoms with van der Waals surface area (Å²) in [6, 6.07) is 4.97. The topological polar surface area (TPSA) is 132 Å². The van der Waals surface area contributed by atoms with Crippen molar-refractivity contribution < 1.29 is 29.2 Å². The largest absolute Gasteiger partial charge is 0.497 e. The SMILES string of the molecule is COc1ccc(Cl)c(Oc2c(N)nc(N3CCOCC3)nc2COCC(O)CO)c1. The van der Waals surface area contributed by atoms with Crippen molar-refractivity contribution in [1.82, 2.24) is 9.97 Å². The van der Waals surface area contributed by atoms with Crippen LogP contribution in [0.5, 0.6) is 17.2 Å². The normalized spacial score (nSPS) is 15.1. The number of hydrogen-bond donors (Lipinski definition) is 3. The average molecular weight is 441 g/mol. The number of nitrogens with two attached hydrogens (primary N) is 1. The van der Waals surface area contributed by atoms with Crippen molar-refractivity contribution in [3.8, 4) is 17.2 Å². The number of aliphatic hydroxyl groups excluding tert-OH is 2. The van der Waals surface area contributed by atoms with E-state index in [9.17, 15) is 5.11 Å². The molecule has 1 atom stereocenters. The quantitative estimate of drug-likeness (QED) is 0.522. The molecule has 1 aliphatic heterocycles. The summed E-state index contributed by atoms with van der Waals surface area (Å²) in [4.78, 5) is 10.9. The summed E-state index contributed by atoms with van der Waals surface area (Å²) in [5.41, 5.74) is 6.58. The fraction of sp³-hybridized carbons (Fsp3) is 0.474. The number of halogens is 1. The molecule has 0 aliphatic carbocycles. The number of rotatable bonds is 9. The molecular formula is C19H25ClN4O6. The second-order valence-corrected chi connectivity index (χ2v) is 6.94. The smallest absolute Gasteiger partial charge is 0.228 e. The number of morpholine rings is 1. The van der Waals surface area contributed by atoms with Gasteiger partial charge in [0.15, 0.2) is 11.6 Å². The van der Waals surface area contributed by atoms with Gasteiger partial charge in [-0.15, -0.1) is 0 Å². The molecule has 11 heteroatoms. The lowest BCUT2D eigenvalue weighted by Crippen LogP contribution is -2.37. The minimum Gasteiger partial charge on any atom is -0.497 e. The standard InChI is InChI=1S/C19H25ClN4O6/c1-27-13-2-3-14(20)16(8-13)30-17-15(11-29-10-12(26)9-25)22-19(23-18(17)21)24-4-6-28-7-5-24/h2-3,8,12,25-26H,4-7,9-11H2,1H3,(H2,21,22,23). The Morgan fingerprint density at radius 1 is 1.30 bits per heavy atom. The van der Waals surface area contributed by atoms with Gasteiger partial charge < -0.3 is 39.8 Å². The summed E-state index contributed by atoms with van der Waals surface area (Å²) in [5.74, 6) is 1.62. The Labute approximate surface area is 179 Å². The van der Waals surface area contributed by atoms with Crippen LogP contribution in [-0.2, 0) is 16.1 Å². The van der Waals surface area contributed by atoms with Gasteiger partial charge in [-0.1, -0.05) is 11.6 Å². The Morgan fingerprint density at radius 2 is 2.07 bits per heavy atom. The Hall–Kier alpha value is -2.37. The number of ether oxygens (including phenoxy) is 4. The van der Waals surface area contributed by atoms with Crippen LogP contribution in [0.15, 0.2) is 18.2 Å². The molecule has 1 fully saturated rings. The van der Waals surface area contributed by atoms with Gasteiger partial charge in [-0.3, -0.25) is 0 Å². The van der Waals surface area contributed by atoms with E-state index in [0.717, 1.165) is 0 Å². The van der Waals surface area contributed by atoms with Gasteiger partial charge in [0.25, 0.3) is 0 Å². The van der Waals surface area contributed by atoms with Crippen LogP contribution in [0.3, 0.4) is 0 Å². The Bertz CT molecular complexity index is 850. The lowest BCUT2D eigenvalue weighted by molar-refractivity contribution is -0.00121. The molecule has 0 saturated carbocycles. The van der Waals surface area contributed by atoms with E-state index in [-0.39, 0.29) is 24.8 Å². The highest BCUT2D eigenvalue weighted by molar-refractivity contribution is 6.32. The van der Waals surface area contributed by atoms with Crippen LogP contribution in [0.25, 0.3) is 0 Å². The number of nitrogens with zero attached hydrogens (tertiary/aromatic N) is 3. The van der Waals surface area contributed by atoms with Gasteiger partial charge in [-0.05, 0) is 12.1 Å². The number of methoxy groups -OCH3 is 1. The highest BCUT2D eigenvalue weighted by Crippen LogP contribution is 2.37. The predicted molar refractivity (Wildman–Crippen MR) is 110 cm³/mol. The molecule has 1 unspecified atom stereocenters. The molecule has 30 heavy (non-hydrogen) atoms. The zero-order chi connectivity index (χ0) is 21.5. The van der Waals surface area contributed by atoms with Gasteiger partial charge in [-0.25, -0.2) is 4.98 Å². The summed E-state index contributed by atoms with van der Waals surface area (Å²) in [7, 11) is 1.54. The lowest BCUT2D eigenvalue weighted by atomic mass is 10.3. The third-order valence-corrected chi connectivity index (χ3v) is 4.67. The number of benzene rings is 1. The van der Waals surface area contributed by atoms with E-state index in [1.54, 1.807) is 18.2 Å². The molecule has 0 spiro atoms. The second-order valence-electron chi connectivity index (χ2n) is 6.53. The third kappa shape index (κ3) is 5.61. The number of aliphatic hydroxyl groups is 2. The van der Waals surface area contributed by atoms with Gasteiger partial charge in [-0.2, -0.15) is 4.98 Å². The fourth-order valence-corrected chi connectivity index (χ4v) is 2.92. The molecule has 0 radical (unpaired) electrons. The molecule has 1 aromatic carbocycles. The van der Waals surface area contributed by atoms with Crippen LogP contribution in [0.1, 0.15) is 5.69 Å². The molecule has 2 aromatic rings. The van der Waals surface area contributed by atoms with Crippen LogP contribution >= 0.6 is 11.6 Å². The molecule has 0 bridgehead atoms. The second kappa shape index (κ2) is 10.6. The van der Waals surface area contributed by atoms with E-state index in [2.05, 4.69) is 9.97 Å². The summed E-state index contributed by atoms with van der Waals surface area (Å²) < 4.78 is 22.0. The molecule has 1 saturated heterocycles. The van der Waals surface area contributed by atoms with Crippen LogP contribution in [0, 0.1) is 0 Å². The van der Waals surface area contributed by atoms with Gasteiger partial charge in [0.05, 0.1) is 45.2 Å². The molecule has 2 heterocycles. The molecule has 0 amide bonds. The van der Waals surface area contributed by atoms with Crippen molar-refractivity contribution in [1.29, 1.82) is 0 Å². The molecular weight excluding hydrogens is 416 g/mol. The Kier molecular flexibility index (Phi) is 7.88. The molecule has 1 aliphatic rings. The van der Waals surface area contributed by atoms with E-state index in [1.807, 2.05) is 4.90 Å². The zero-order valence-electron chi connectivity index (χ0n) is 16.6. The number of aromatic nitrogens is 2. The fourth-order valence-electron chi connectivity index (χ4n) is 2.76. The van der Waals surface area contributed by atoms with Crippen molar-refractivity contribution in [3.05, 3.63) is 28.9 Å². The van der Waals surface area contributed by atoms with Crippen molar-refractivity contribution in [2.75, 3.05) is 57.3 Å². The first-order chi connectivity index (χ1) is 14.5. The maximum absolute atomic E-state index is 9.53. The zero-order valence-corrected chi connectivity index (χ0v) is 17.3. The maximum atomic E-state index is 9.53. The minimum absolute atomic E-state index is 0.0158. The summed E-state index contributed by atoms with van der Waals surface area (Å²) in [6.45, 7) is 1.89. The first kappa shape index (κ1) is 22.3. The molecule has 4 N–H and O–H groups in total. The van der Waals surface area contributed by atoms with Crippen molar-refractivity contribution in [3.63, 3.8) is 0 Å². The summed E-state index contributed by atoms with van der Waals surface area (Å²) in [6.07, 6.45) is -1.000. The highest BCUT2D eigenvalue weighted by atomic mass is 35.5. The van der Waals surface area contributed by atoms with Crippen molar-refractivity contribution >= 4 is 23.4 Å². The third-order valence-electron chi connectivity index (χ3n) is 4.35. The first-order valence-electron chi connectivity index (χ1n) is 9.39. The minimum atomic E-state index is -1.000. The van der Waals surface area contributed by atoms with E-state index < -0.39 is 12.7 Å². The highest BCUT2D eigenvalue weighted by Gasteiger charge is 2.21. The van der Waals surface area contributed by atoms with E-state index >= 15 is 0 Å². The van der Waals surface area contributed by atoms with Gasteiger partial charge in [0.2, 0.25) is 5.95 Å². The van der Waals surface area contributed by atoms with Crippen LogP contribution in [0.4, 0.5) is 11.8 Å². The summed E-state index contributed by atoms with van der Waals surface area (Å²) in [5, 5.41) is 18.9. The molecule has 10 nitrogen and oxygen atoms in total. The number of nitrogen functional groups attached to an aromatic ring is 1. The van der Waals surface area contributed by atoms with Gasteiger partial charge in [0.1, 0.15) is 23.3 Å². The van der Waals surface area contributed by atoms with Crippen molar-refractivity contribution in [2.24, 2.45) is 0 Å². The van der Waals surface area contributed by atoms with E-state index in [1.165, 1.54) is 7.11 Å². The molecule has 164 valence electrons. The maximum Gasteiger partial charge on any atom is 0.228 e. The monoisotopic (exact) mass is 440 g/mol. The van der Waals surface area contributed by atoms with Gasteiger partial charge in [0, 0.05) is 19.2 Å². The predicted octanol–water partition coefficient (Wildman–Crippen LogP) is 1.22. The van der Waals surface area contributed by atoms with Crippen molar-refractivity contribution in [2.45, 2.75) is 12.7 Å². The number of anilines is 2. The van der Waals surface area contributed by atoms with E-state index in [4.69, 9.17) is 41.4 Å².